The second-order valence-corrected chi connectivity index (χ2v) is 6.50. The van der Waals surface area contributed by atoms with Gasteiger partial charge in [0, 0.05) is 42.7 Å². The lowest BCUT2D eigenvalue weighted by Gasteiger charge is -2.22. The molecular formula is C19H27N3O. The summed E-state index contributed by atoms with van der Waals surface area (Å²) in [6.07, 6.45) is 10.0. The van der Waals surface area contributed by atoms with E-state index in [0.29, 0.717) is 19.0 Å². The predicted molar refractivity (Wildman–Crippen MR) is 94.5 cm³/mol. The molecule has 23 heavy (non-hydrogen) atoms. The monoisotopic (exact) mass is 313 g/mol. The van der Waals surface area contributed by atoms with E-state index >= 15 is 0 Å². The number of hydrogen-bond acceptors (Lipinski definition) is 2. The van der Waals surface area contributed by atoms with Crippen LogP contribution in [0.5, 0.6) is 0 Å². The van der Waals surface area contributed by atoms with Crippen LogP contribution in [0, 0.1) is 0 Å². The van der Waals surface area contributed by atoms with Gasteiger partial charge < -0.3 is 15.6 Å². The summed E-state index contributed by atoms with van der Waals surface area (Å²) in [6.45, 7) is 1.49. The molecule has 124 valence electrons. The summed E-state index contributed by atoms with van der Waals surface area (Å²) in [5, 5.41) is 7.80. The topological polar surface area (TPSA) is 56.9 Å². The zero-order chi connectivity index (χ0) is 15.9. The van der Waals surface area contributed by atoms with Crippen LogP contribution < -0.4 is 10.6 Å². The Bertz CT molecular complexity index is 628. The molecule has 4 heteroatoms. The van der Waals surface area contributed by atoms with Gasteiger partial charge in [-0.2, -0.15) is 0 Å². The second-order valence-electron chi connectivity index (χ2n) is 6.50. The molecule has 1 saturated carbocycles. The van der Waals surface area contributed by atoms with Crippen molar-refractivity contribution in [1.82, 2.24) is 15.6 Å². The molecule has 1 aliphatic rings. The number of aromatic nitrogens is 1. The van der Waals surface area contributed by atoms with Gasteiger partial charge in [0.15, 0.2) is 0 Å². The summed E-state index contributed by atoms with van der Waals surface area (Å²) in [5.74, 6) is 0.146. The van der Waals surface area contributed by atoms with Crippen LogP contribution in [0.15, 0.2) is 30.5 Å². The van der Waals surface area contributed by atoms with E-state index in [1.54, 1.807) is 0 Å². The largest absolute Gasteiger partial charge is 0.361 e. The summed E-state index contributed by atoms with van der Waals surface area (Å²) >= 11 is 0. The van der Waals surface area contributed by atoms with Gasteiger partial charge in [-0.1, -0.05) is 37.5 Å². The molecular weight excluding hydrogens is 286 g/mol. The van der Waals surface area contributed by atoms with Crippen LogP contribution in [-0.4, -0.2) is 30.0 Å². The normalized spacial score (nSPS) is 15.8. The van der Waals surface area contributed by atoms with Gasteiger partial charge in [0.1, 0.15) is 0 Å². The fourth-order valence-corrected chi connectivity index (χ4v) is 3.46. The molecule has 0 aliphatic heterocycles. The predicted octanol–water partition coefficient (Wildman–Crippen LogP) is 3.14. The number of nitrogens with one attached hydrogen (secondary N) is 3. The summed E-state index contributed by atoms with van der Waals surface area (Å²) in [6, 6.07) is 8.91. The molecule has 1 fully saturated rings. The van der Waals surface area contributed by atoms with Crippen molar-refractivity contribution in [3.8, 4) is 0 Å². The molecule has 1 aliphatic carbocycles. The molecule has 1 aromatic heterocycles. The minimum absolute atomic E-state index is 0.146. The zero-order valence-corrected chi connectivity index (χ0v) is 13.7. The number of hydrogen-bond donors (Lipinski definition) is 3. The first-order valence-corrected chi connectivity index (χ1v) is 8.88. The lowest BCUT2D eigenvalue weighted by molar-refractivity contribution is -0.120. The Hall–Kier alpha value is -1.81. The molecule has 3 N–H and O–H groups in total. The molecule has 0 atom stereocenters. The number of fused-ring (bicyclic) bond motifs is 1. The van der Waals surface area contributed by atoms with Crippen LogP contribution in [0.1, 0.15) is 44.1 Å². The molecule has 0 spiro atoms. The Kier molecular flexibility index (Phi) is 5.70. The third-order valence-electron chi connectivity index (χ3n) is 4.78. The van der Waals surface area contributed by atoms with E-state index in [2.05, 4.69) is 33.8 Å². The van der Waals surface area contributed by atoms with Crippen molar-refractivity contribution in [3.63, 3.8) is 0 Å². The molecule has 2 aromatic rings. The van der Waals surface area contributed by atoms with Crippen molar-refractivity contribution < 1.29 is 4.79 Å². The number of aromatic amines is 1. The Balaban J connectivity index is 1.34. The zero-order valence-electron chi connectivity index (χ0n) is 13.7. The first-order chi connectivity index (χ1) is 11.3. The number of rotatable bonds is 7. The summed E-state index contributed by atoms with van der Waals surface area (Å²) in [5.41, 5.74) is 2.42. The average Bonchev–Trinajstić information content (AvgIpc) is 2.99. The summed E-state index contributed by atoms with van der Waals surface area (Å²) in [4.78, 5) is 15.2. The SMILES string of the molecule is O=C(CCNC1CCCCC1)NCCc1c[nH]c2ccccc12. The Morgan fingerprint density at radius 2 is 1.96 bits per heavy atom. The minimum atomic E-state index is 0.146. The smallest absolute Gasteiger partial charge is 0.221 e. The van der Waals surface area contributed by atoms with Gasteiger partial charge in [0.25, 0.3) is 0 Å². The quantitative estimate of drug-likeness (QED) is 0.735. The van der Waals surface area contributed by atoms with Crippen LogP contribution in [0.3, 0.4) is 0 Å². The molecule has 1 amide bonds. The molecule has 1 heterocycles. The average molecular weight is 313 g/mol. The highest BCUT2D eigenvalue weighted by atomic mass is 16.1. The number of para-hydroxylation sites is 1. The van der Waals surface area contributed by atoms with Gasteiger partial charge in [-0.15, -0.1) is 0 Å². The molecule has 0 radical (unpaired) electrons. The van der Waals surface area contributed by atoms with Crippen molar-refractivity contribution in [1.29, 1.82) is 0 Å². The van der Waals surface area contributed by atoms with E-state index in [4.69, 9.17) is 0 Å². The van der Waals surface area contributed by atoms with Gasteiger partial charge in [-0.05, 0) is 30.9 Å². The lowest BCUT2D eigenvalue weighted by Crippen LogP contribution is -2.35. The molecule has 1 aromatic carbocycles. The Labute approximate surface area is 138 Å². The fourth-order valence-electron chi connectivity index (χ4n) is 3.46. The maximum absolute atomic E-state index is 11.9. The molecule has 0 saturated heterocycles. The third kappa shape index (κ3) is 4.58. The maximum atomic E-state index is 11.9. The van der Waals surface area contributed by atoms with Crippen molar-refractivity contribution >= 4 is 16.8 Å². The first-order valence-electron chi connectivity index (χ1n) is 8.88. The molecule has 4 nitrogen and oxygen atoms in total. The van der Waals surface area contributed by atoms with E-state index in [0.717, 1.165) is 18.5 Å². The van der Waals surface area contributed by atoms with Crippen LogP contribution in [0.2, 0.25) is 0 Å². The standard InChI is InChI=1S/C19H27N3O/c23-19(11-13-20-16-6-2-1-3-7-16)21-12-10-15-14-22-18-9-5-4-8-17(15)18/h4-5,8-9,14,16,20,22H,1-3,6-7,10-13H2,(H,21,23). The summed E-state index contributed by atoms with van der Waals surface area (Å²) in [7, 11) is 0. The van der Waals surface area contributed by atoms with Crippen LogP contribution in [0.4, 0.5) is 0 Å². The van der Waals surface area contributed by atoms with E-state index in [1.165, 1.54) is 43.1 Å². The van der Waals surface area contributed by atoms with E-state index in [1.807, 2.05) is 12.3 Å². The summed E-state index contributed by atoms with van der Waals surface area (Å²) < 4.78 is 0. The molecule has 0 unspecified atom stereocenters. The Morgan fingerprint density at radius 1 is 1.13 bits per heavy atom. The number of H-pyrrole nitrogens is 1. The highest BCUT2D eigenvalue weighted by Crippen LogP contribution is 2.18. The van der Waals surface area contributed by atoms with Crippen molar-refractivity contribution in [3.05, 3.63) is 36.0 Å². The fraction of sp³-hybridized carbons (Fsp3) is 0.526. The van der Waals surface area contributed by atoms with Gasteiger partial charge in [0.2, 0.25) is 5.91 Å². The second kappa shape index (κ2) is 8.16. The number of carbonyl (C=O) groups excluding carboxylic acids is 1. The highest BCUT2D eigenvalue weighted by molar-refractivity contribution is 5.83. The highest BCUT2D eigenvalue weighted by Gasteiger charge is 2.12. The van der Waals surface area contributed by atoms with Crippen molar-refractivity contribution in [2.24, 2.45) is 0 Å². The van der Waals surface area contributed by atoms with Crippen molar-refractivity contribution in [2.45, 2.75) is 51.0 Å². The van der Waals surface area contributed by atoms with Gasteiger partial charge >= 0.3 is 0 Å². The van der Waals surface area contributed by atoms with E-state index in [-0.39, 0.29) is 5.91 Å². The minimum Gasteiger partial charge on any atom is -0.361 e. The maximum Gasteiger partial charge on any atom is 0.221 e. The number of carbonyl (C=O) groups is 1. The van der Waals surface area contributed by atoms with E-state index < -0.39 is 0 Å². The third-order valence-corrected chi connectivity index (χ3v) is 4.78. The van der Waals surface area contributed by atoms with E-state index in [9.17, 15) is 4.79 Å². The van der Waals surface area contributed by atoms with Crippen LogP contribution >= 0.6 is 0 Å². The van der Waals surface area contributed by atoms with Crippen molar-refractivity contribution in [2.75, 3.05) is 13.1 Å². The van der Waals surface area contributed by atoms with Gasteiger partial charge in [-0.25, -0.2) is 0 Å². The van der Waals surface area contributed by atoms with Crippen LogP contribution in [-0.2, 0) is 11.2 Å². The molecule has 0 bridgehead atoms. The lowest BCUT2D eigenvalue weighted by atomic mass is 9.95. The number of benzene rings is 1. The van der Waals surface area contributed by atoms with Crippen LogP contribution in [0.25, 0.3) is 10.9 Å². The number of amides is 1. The molecule has 3 rings (SSSR count). The van der Waals surface area contributed by atoms with Gasteiger partial charge in [-0.3, -0.25) is 4.79 Å². The van der Waals surface area contributed by atoms with Gasteiger partial charge in [0.05, 0.1) is 0 Å². The first kappa shape index (κ1) is 16.1. The Morgan fingerprint density at radius 3 is 2.83 bits per heavy atom.